The minimum Gasteiger partial charge on any atom is -0.497 e. The number of urea groups is 1. The number of anilines is 2. The third kappa shape index (κ3) is 4.10. The Labute approximate surface area is 220 Å². The van der Waals surface area contributed by atoms with Crippen molar-refractivity contribution in [3.05, 3.63) is 88.4 Å². The van der Waals surface area contributed by atoms with E-state index in [1.54, 1.807) is 47.2 Å². The molecule has 1 fully saturated rings. The minimum atomic E-state index is -1.22. The smallest absolute Gasteiger partial charge is 0.323 e. The number of thioether (sulfide) groups is 1. The van der Waals surface area contributed by atoms with E-state index in [9.17, 15) is 9.59 Å². The van der Waals surface area contributed by atoms with Gasteiger partial charge in [-0.2, -0.15) is 0 Å². The number of nitrogens with zero attached hydrogens (tertiary/aromatic N) is 2. The maximum absolute atomic E-state index is 14.4. The van der Waals surface area contributed by atoms with Gasteiger partial charge in [0.15, 0.2) is 4.87 Å². The van der Waals surface area contributed by atoms with Crippen LogP contribution in [0.5, 0.6) is 5.75 Å². The Hall–Kier alpha value is -3.16. The molecule has 0 unspecified atom stereocenters. The topological polar surface area (TPSA) is 61.9 Å². The first-order chi connectivity index (χ1) is 17.1. The lowest BCUT2D eigenvalue weighted by atomic mass is 10.0. The first kappa shape index (κ1) is 24.5. The van der Waals surface area contributed by atoms with E-state index in [-0.39, 0.29) is 16.7 Å². The Balaban J connectivity index is 1.57. The molecule has 1 atom stereocenters. The Bertz CT molecular complexity index is 1340. The zero-order chi connectivity index (χ0) is 25.7. The molecule has 2 aliphatic rings. The highest BCUT2D eigenvalue weighted by molar-refractivity contribution is 8.02. The summed E-state index contributed by atoms with van der Waals surface area (Å²) in [6, 6.07) is 20.3. The van der Waals surface area contributed by atoms with Gasteiger partial charge in [0, 0.05) is 27.6 Å². The van der Waals surface area contributed by atoms with Crippen LogP contribution < -0.4 is 15.0 Å². The molecule has 36 heavy (non-hydrogen) atoms. The van der Waals surface area contributed by atoms with Gasteiger partial charge in [0.25, 0.3) is 5.91 Å². The van der Waals surface area contributed by atoms with Crippen LogP contribution >= 0.6 is 23.4 Å². The number of nitrogens with one attached hydrogen (secondary N) is 1. The second kappa shape index (κ2) is 9.05. The molecule has 1 spiro atoms. The molecule has 1 saturated heterocycles. The molecule has 0 bridgehead atoms. The molecule has 0 aliphatic carbocycles. The van der Waals surface area contributed by atoms with Gasteiger partial charge in [-0.1, -0.05) is 35.9 Å². The largest absolute Gasteiger partial charge is 0.497 e. The Morgan fingerprint density at radius 2 is 1.83 bits per heavy atom. The second-order valence-corrected chi connectivity index (χ2v) is 12.1. The quantitative estimate of drug-likeness (QED) is 0.430. The number of fused-ring (bicyclic) bond motifs is 2. The number of carbonyl (C=O) groups is 2. The summed E-state index contributed by atoms with van der Waals surface area (Å²) in [6.07, 6.45) is 0. The molecular formula is C28H28ClN3O3S. The van der Waals surface area contributed by atoms with Crippen molar-refractivity contribution in [2.45, 2.75) is 36.9 Å². The van der Waals surface area contributed by atoms with Gasteiger partial charge in [-0.3, -0.25) is 9.69 Å². The van der Waals surface area contributed by atoms with Crippen LogP contribution in [0.25, 0.3) is 0 Å². The third-order valence-corrected chi connectivity index (χ3v) is 8.50. The number of ether oxygens (including phenoxy) is 1. The fourth-order valence-corrected chi connectivity index (χ4v) is 6.85. The van der Waals surface area contributed by atoms with Crippen LogP contribution in [-0.2, 0) is 16.2 Å². The van der Waals surface area contributed by atoms with Crippen molar-refractivity contribution in [2.24, 2.45) is 0 Å². The highest BCUT2D eigenvalue weighted by Gasteiger charge is 2.63. The van der Waals surface area contributed by atoms with Crippen LogP contribution in [0.4, 0.5) is 16.2 Å². The Morgan fingerprint density at radius 3 is 2.53 bits per heavy atom. The van der Waals surface area contributed by atoms with Gasteiger partial charge in [0.1, 0.15) is 5.75 Å². The van der Waals surface area contributed by atoms with Crippen molar-refractivity contribution in [3.8, 4) is 5.75 Å². The van der Waals surface area contributed by atoms with E-state index in [0.717, 1.165) is 22.4 Å². The average Bonchev–Trinajstić information content (AvgIpc) is 3.27. The van der Waals surface area contributed by atoms with E-state index in [0.29, 0.717) is 29.5 Å². The van der Waals surface area contributed by atoms with Crippen molar-refractivity contribution < 1.29 is 14.3 Å². The molecule has 0 radical (unpaired) electrons. The van der Waals surface area contributed by atoms with Gasteiger partial charge in [0.05, 0.1) is 19.3 Å². The summed E-state index contributed by atoms with van der Waals surface area (Å²) in [7, 11) is 1.60. The van der Waals surface area contributed by atoms with Crippen molar-refractivity contribution >= 4 is 46.7 Å². The zero-order valence-electron chi connectivity index (χ0n) is 20.7. The number of amides is 3. The normalized spacial score (nSPS) is 20.1. The molecule has 3 aromatic carbocycles. The predicted octanol–water partition coefficient (Wildman–Crippen LogP) is 6.42. The number of rotatable bonds is 4. The molecule has 0 saturated carbocycles. The van der Waals surface area contributed by atoms with E-state index in [2.05, 4.69) is 19.2 Å². The van der Waals surface area contributed by atoms with Gasteiger partial charge in [0.2, 0.25) is 0 Å². The molecule has 8 heteroatoms. The lowest BCUT2D eigenvalue weighted by Crippen LogP contribution is -2.51. The number of hydrogen-bond acceptors (Lipinski definition) is 4. The number of halogens is 1. The Morgan fingerprint density at radius 1 is 1.11 bits per heavy atom. The summed E-state index contributed by atoms with van der Waals surface area (Å²) in [5.41, 5.74) is 4.31. The molecule has 1 N–H and O–H groups in total. The highest BCUT2D eigenvalue weighted by Crippen LogP contribution is 2.60. The number of aryl methyl sites for hydroxylation is 1. The van der Waals surface area contributed by atoms with Crippen LogP contribution in [0.15, 0.2) is 66.7 Å². The average molecular weight is 522 g/mol. The number of benzene rings is 3. The maximum Gasteiger partial charge on any atom is 0.323 e. The van der Waals surface area contributed by atoms with Crippen LogP contribution in [0.1, 0.15) is 30.5 Å². The molecule has 2 aliphatic heterocycles. The summed E-state index contributed by atoms with van der Waals surface area (Å²) in [5.74, 6) is 0.562. The first-order valence-electron chi connectivity index (χ1n) is 11.7. The second-order valence-electron chi connectivity index (χ2n) is 9.73. The maximum atomic E-state index is 14.4. The van der Waals surface area contributed by atoms with Gasteiger partial charge < -0.3 is 15.0 Å². The van der Waals surface area contributed by atoms with E-state index in [4.69, 9.17) is 16.3 Å². The number of methoxy groups -OCH3 is 1. The van der Waals surface area contributed by atoms with E-state index in [1.807, 2.05) is 43.3 Å². The van der Waals surface area contributed by atoms with Crippen molar-refractivity contribution in [1.82, 2.24) is 4.90 Å². The fraction of sp³-hybridized carbons (Fsp3) is 0.286. The monoisotopic (exact) mass is 521 g/mol. The van der Waals surface area contributed by atoms with Gasteiger partial charge in [-0.25, -0.2) is 4.79 Å². The lowest BCUT2D eigenvalue weighted by molar-refractivity contribution is -0.123. The summed E-state index contributed by atoms with van der Waals surface area (Å²) in [5, 5.41) is 3.51. The zero-order valence-corrected chi connectivity index (χ0v) is 22.2. The van der Waals surface area contributed by atoms with E-state index < -0.39 is 4.87 Å². The van der Waals surface area contributed by atoms with Crippen LogP contribution in [-0.4, -0.2) is 35.2 Å². The molecule has 5 rings (SSSR count). The molecule has 186 valence electrons. The minimum absolute atomic E-state index is 0.136. The SMILES string of the molecule is COc1ccc(NC(=O)N2CC(C)(C)S[C@@]23C(=O)N(Cc2ccccc2C)c2ccc(Cl)cc23)cc1. The van der Waals surface area contributed by atoms with Gasteiger partial charge in [-0.05, 0) is 74.4 Å². The molecule has 3 amide bonds. The van der Waals surface area contributed by atoms with Gasteiger partial charge in [-0.15, -0.1) is 11.8 Å². The van der Waals surface area contributed by atoms with Crippen molar-refractivity contribution in [2.75, 3.05) is 23.9 Å². The summed E-state index contributed by atoms with van der Waals surface area (Å²) in [4.78, 5) is 30.4. The van der Waals surface area contributed by atoms with Crippen LogP contribution in [0, 0.1) is 6.92 Å². The molecular weight excluding hydrogens is 494 g/mol. The Kier molecular flexibility index (Phi) is 6.17. The molecule has 6 nitrogen and oxygen atoms in total. The summed E-state index contributed by atoms with van der Waals surface area (Å²) >= 11 is 7.96. The van der Waals surface area contributed by atoms with Crippen molar-refractivity contribution in [3.63, 3.8) is 0 Å². The standard InChI is InChI=1S/C28H28ClN3O3S/c1-18-7-5-6-8-19(18)16-31-24-14-9-20(29)15-23(24)28(25(31)33)32(17-27(2,3)36-28)26(34)30-21-10-12-22(35-4)13-11-21/h5-15H,16-17H2,1-4H3,(H,30,34)/t28-/m0/s1. The number of carbonyl (C=O) groups excluding carboxylic acids is 2. The highest BCUT2D eigenvalue weighted by atomic mass is 35.5. The number of hydrogen-bond donors (Lipinski definition) is 1. The lowest BCUT2D eigenvalue weighted by Gasteiger charge is -2.33. The fourth-order valence-electron chi connectivity index (χ4n) is 4.96. The predicted molar refractivity (Wildman–Crippen MR) is 146 cm³/mol. The van der Waals surface area contributed by atoms with Crippen LogP contribution in [0.3, 0.4) is 0 Å². The first-order valence-corrected chi connectivity index (χ1v) is 12.9. The molecule has 3 aromatic rings. The van der Waals surface area contributed by atoms with Crippen molar-refractivity contribution in [1.29, 1.82) is 0 Å². The summed E-state index contributed by atoms with van der Waals surface area (Å²) < 4.78 is 4.87. The van der Waals surface area contributed by atoms with Crippen LogP contribution in [0.2, 0.25) is 5.02 Å². The third-order valence-electron chi connectivity index (χ3n) is 6.67. The molecule has 0 aromatic heterocycles. The van der Waals surface area contributed by atoms with E-state index >= 15 is 0 Å². The van der Waals surface area contributed by atoms with Gasteiger partial charge >= 0.3 is 6.03 Å². The summed E-state index contributed by atoms with van der Waals surface area (Å²) in [6.45, 7) is 6.96. The molecule has 2 heterocycles. The van der Waals surface area contributed by atoms with E-state index in [1.165, 1.54) is 11.8 Å².